The van der Waals surface area contributed by atoms with Crippen molar-refractivity contribution >= 4 is 12.3 Å². The Labute approximate surface area is 141 Å². The molecule has 2 unspecified atom stereocenters. The topological polar surface area (TPSA) is 89.5 Å². The lowest BCUT2D eigenvalue weighted by atomic mass is 10.0. The van der Waals surface area contributed by atoms with E-state index in [-0.39, 0.29) is 24.9 Å². The first kappa shape index (κ1) is 18.8. The van der Waals surface area contributed by atoms with Crippen LogP contribution in [-0.2, 0) is 28.4 Å². The van der Waals surface area contributed by atoms with Gasteiger partial charge in [-0.15, -0.1) is 0 Å². The number of rotatable bonds is 9. The second-order valence-electron chi connectivity index (χ2n) is 7.09. The fraction of sp³-hybridized carbons (Fsp3) is 0.875. The summed E-state index contributed by atoms with van der Waals surface area (Å²) in [5.74, 6) is 0. The van der Waals surface area contributed by atoms with Gasteiger partial charge in [-0.2, -0.15) is 0 Å². The molecule has 2 heterocycles. The highest BCUT2D eigenvalue weighted by molar-refractivity contribution is 5.62. The van der Waals surface area contributed by atoms with Crippen LogP contribution in [0.15, 0.2) is 0 Å². The van der Waals surface area contributed by atoms with Crippen LogP contribution in [0.25, 0.3) is 0 Å². The van der Waals surface area contributed by atoms with E-state index in [9.17, 15) is 9.59 Å². The number of ether oxygens (including phenoxy) is 6. The first-order valence-electron chi connectivity index (χ1n) is 8.13. The predicted octanol–water partition coefficient (Wildman–Crippen LogP) is 2.43. The maximum atomic E-state index is 11.0. The van der Waals surface area contributed by atoms with Gasteiger partial charge in [0.1, 0.15) is 18.8 Å². The van der Waals surface area contributed by atoms with Gasteiger partial charge in [0, 0.05) is 6.61 Å². The zero-order valence-corrected chi connectivity index (χ0v) is 14.7. The SMILES string of the molecule is CC(C)(CCCOC(C)(C)C1COC(=O)O1)OCC1COC(=O)O1. The lowest BCUT2D eigenvalue weighted by molar-refractivity contribution is -0.0983. The third kappa shape index (κ3) is 5.52. The number of carbonyl (C=O) groups is 2. The molecule has 2 saturated heterocycles. The van der Waals surface area contributed by atoms with Crippen molar-refractivity contribution in [1.29, 1.82) is 0 Å². The summed E-state index contributed by atoms with van der Waals surface area (Å²) >= 11 is 0. The molecule has 0 saturated carbocycles. The second-order valence-corrected chi connectivity index (χ2v) is 7.09. The maximum absolute atomic E-state index is 11.0. The normalized spacial score (nSPS) is 24.3. The summed E-state index contributed by atoms with van der Waals surface area (Å²) in [6.07, 6.45) is -0.489. The quantitative estimate of drug-likeness (QED) is 0.464. The highest BCUT2D eigenvalue weighted by Gasteiger charge is 2.39. The van der Waals surface area contributed by atoms with Crippen molar-refractivity contribution in [2.24, 2.45) is 0 Å². The van der Waals surface area contributed by atoms with Crippen LogP contribution in [0.1, 0.15) is 40.5 Å². The molecule has 0 amide bonds. The molecule has 138 valence electrons. The van der Waals surface area contributed by atoms with E-state index in [0.717, 1.165) is 12.8 Å². The Kier molecular flexibility index (Phi) is 5.92. The van der Waals surface area contributed by atoms with E-state index >= 15 is 0 Å². The van der Waals surface area contributed by atoms with Crippen molar-refractivity contribution < 1.29 is 38.0 Å². The summed E-state index contributed by atoms with van der Waals surface area (Å²) in [5.41, 5.74) is -0.974. The first-order chi connectivity index (χ1) is 11.2. The maximum Gasteiger partial charge on any atom is 0.508 e. The summed E-state index contributed by atoms with van der Waals surface area (Å²) in [4.78, 5) is 21.9. The summed E-state index contributed by atoms with van der Waals surface area (Å²) in [6, 6.07) is 0. The van der Waals surface area contributed by atoms with E-state index in [2.05, 4.69) is 0 Å². The molecule has 0 N–H and O–H groups in total. The van der Waals surface area contributed by atoms with Crippen LogP contribution < -0.4 is 0 Å². The summed E-state index contributed by atoms with van der Waals surface area (Å²) < 4.78 is 31.2. The van der Waals surface area contributed by atoms with E-state index in [1.165, 1.54) is 0 Å². The minimum Gasteiger partial charge on any atom is -0.430 e. The van der Waals surface area contributed by atoms with Crippen LogP contribution in [0.3, 0.4) is 0 Å². The van der Waals surface area contributed by atoms with Crippen LogP contribution in [0.4, 0.5) is 9.59 Å². The van der Waals surface area contributed by atoms with Crippen LogP contribution >= 0.6 is 0 Å². The van der Waals surface area contributed by atoms with Crippen molar-refractivity contribution in [3.63, 3.8) is 0 Å². The largest absolute Gasteiger partial charge is 0.508 e. The zero-order chi connectivity index (χ0) is 17.8. The van der Waals surface area contributed by atoms with Crippen LogP contribution in [0, 0.1) is 0 Å². The van der Waals surface area contributed by atoms with E-state index in [4.69, 9.17) is 28.4 Å². The number of hydrogen-bond acceptors (Lipinski definition) is 8. The highest BCUT2D eigenvalue weighted by atomic mass is 16.8. The molecule has 2 aliphatic rings. The molecule has 0 aromatic carbocycles. The molecular weight excluding hydrogens is 320 g/mol. The van der Waals surface area contributed by atoms with Gasteiger partial charge in [-0.1, -0.05) is 0 Å². The van der Waals surface area contributed by atoms with Crippen LogP contribution in [0.2, 0.25) is 0 Å². The third-order valence-electron chi connectivity index (χ3n) is 4.07. The molecule has 0 bridgehead atoms. The molecule has 2 atom stereocenters. The zero-order valence-electron chi connectivity index (χ0n) is 14.7. The average molecular weight is 346 g/mol. The Bertz CT molecular complexity index is 459. The van der Waals surface area contributed by atoms with Crippen molar-refractivity contribution in [3.05, 3.63) is 0 Å². The van der Waals surface area contributed by atoms with Gasteiger partial charge in [0.2, 0.25) is 0 Å². The number of carbonyl (C=O) groups excluding carboxylic acids is 2. The lowest BCUT2D eigenvalue weighted by Gasteiger charge is -2.30. The number of hydrogen-bond donors (Lipinski definition) is 0. The molecular formula is C16H26O8. The van der Waals surface area contributed by atoms with Crippen LogP contribution in [-0.4, -0.2) is 62.1 Å². The Morgan fingerprint density at radius 2 is 1.67 bits per heavy atom. The fourth-order valence-corrected chi connectivity index (χ4v) is 2.43. The Balaban J connectivity index is 1.63. The molecule has 8 heteroatoms. The van der Waals surface area contributed by atoms with Crippen molar-refractivity contribution in [3.8, 4) is 0 Å². The predicted molar refractivity (Wildman–Crippen MR) is 81.7 cm³/mol. The van der Waals surface area contributed by atoms with Gasteiger partial charge < -0.3 is 28.4 Å². The Hall–Kier alpha value is -1.54. The minimum atomic E-state index is -0.650. The number of cyclic esters (lactones) is 4. The Morgan fingerprint density at radius 3 is 2.25 bits per heavy atom. The molecule has 8 nitrogen and oxygen atoms in total. The molecule has 0 aromatic heterocycles. The van der Waals surface area contributed by atoms with Gasteiger partial charge in [-0.3, -0.25) is 0 Å². The van der Waals surface area contributed by atoms with E-state index in [1.54, 1.807) is 0 Å². The molecule has 0 aliphatic carbocycles. The van der Waals surface area contributed by atoms with E-state index in [0.29, 0.717) is 13.2 Å². The smallest absolute Gasteiger partial charge is 0.430 e. The molecule has 24 heavy (non-hydrogen) atoms. The van der Waals surface area contributed by atoms with Gasteiger partial charge in [0.25, 0.3) is 0 Å². The molecule has 2 fully saturated rings. The standard InChI is InChI=1S/C16H26O8/c1-15(2,22-9-11-8-19-13(17)23-11)6-5-7-21-16(3,4)12-10-20-14(18)24-12/h11-12H,5-10H2,1-4H3. The van der Waals surface area contributed by atoms with E-state index in [1.807, 2.05) is 27.7 Å². The van der Waals surface area contributed by atoms with Gasteiger partial charge in [0.05, 0.1) is 12.2 Å². The summed E-state index contributed by atoms with van der Waals surface area (Å²) in [5, 5.41) is 0. The summed E-state index contributed by atoms with van der Waals surface area (Å²) in [7, 11) is 0. The minimum absolute atomic E-state index is 0.211. The lowest BCUT2D eigenvalue weighted by Crippen LogP contribution is -2.41. The van der Waals surface area contributed by atoms with Crippen molar-refractivity contribution in [2.75, 3.05) is 26.4 Å². The molecule has 0 radical (unpaired) electrons. The first-order valence-corrected chi connectivity index (χ1v) is 8.13. The molecule has 2 aliphatic heterocycles. The Morgan fingerprint density at radius 1 is 1.00 bits per heavy atom. The third-order valence-corrected chi connectivity index (χ3v) is 4.07. The van der Waals surface area contributed by atoms with E-state index < -0.39 is 24.0 Å². The van der Waals surface area contributed by atoms with Crippen LogP contribution in [0.5, 0.6) is 0 Å². The average Bonchev–Trinajstić information content (AvgIpc) is 3.11. The van der Waals surface area contributed by atoms with Crippen molar-refractivity contribution in [2.45, 2.75) is 63.9 Å². The molecule has 2 rings (SSSR count). The second kappa shape index (κ2) is 7.57. The monoisotopic (exact) mass is 346 g/mol. The molecule has 0 aromatic rings. The van der Waals surface area contributed by atoms with Crippen molar-refractivity contribution in [1.82, 2.24) is 0 Å². The summed E-state index contributed by atoms with van der Waals surface area (Å²) in [6.45, 7) is 8.95. The fourth-order valence-electron chi connectivity index (χ4n) is 2.43. The van der Waals surface area contributed by atoms with Gasteiger partial charge in [-0.05, 0) is 40.5 Å². The van der Waals surface area contributed by atoms with Gasteiger partial charge in [0.15, 0.2) is 12.2 Å². The highest BCUT2D eigenvalue weighted by Crippen LogP contribution is 2.25. The molecule has 0 spiro atoms. The van der Waals surface area contributed by atoms with Gasteiger partial charge >= 0.3 is 12.3 Å². The van der Waals surface area contributed by atoms with Gasteiger partial charge in [-0.25, -0.2) is 9.59 Å².